The molecule has 3 unspecified atom stereocenters. The molecule has 3 atom stereocenters. The molecular weight excluding hydrogens is 314 g/mol. The van der Waals surface area contributed by atoms with Crippen LogP contribution in [0.5, 0.6) is 0 Å². The molecular formula is C13H25NO5S2. The second-order valence-corrected chi connectivity index (χ2v) is 7.81. The maximum absolute atomic E-state index is 11.2. The van der Waals surface area contributed by atoms with Gasteiger partial charge in [0.25, 0.3) is 0 Å². The van der Waals surface area contributed by atoms with Gasteiger partial charge in [-0.3, -0.25) is 14.5 Å². The van der Waals surface area contributed by atoms with Crippen LogP contribution in [0.4, 0.5) is 0 Å². The molecule has 0 heterocycles. The highest BCUT2D eigenvalue weighted by atomic mass is 33.1. The molecule has 0 fully saturated rings. The lowest BCUT2D eigenvalue weighted by atomic mass is 10.1. The standard InChI is InChI=1S/C13H25NO5S2/c1-9(12(16)17)4-6-20-21-7-5-11(13(18)19)14(3)8-10(2)15/h9-11,15H,4-8H2,1-3H3,(H,16,17)(H,18,19). The van der Waals surface area contributed by atoms with Gasteiger partial charge < -0.3 is 15.3 Å². The van der Waals surface area contributed by atoms with Gasteiger partial charge in [0.05, 0.1) is 12.0 Å². The largest absolute Gasteiger partial charge is 0.481 e. The Bertz CT molecular complexity index is 328. The van der Waals surface area contributed by atoms with Crippen molar-refractivity contribution in [2.45, 2.75) is 38.8 Å². The minimum Gasteiger partial charge on any atom is -0.481 e. The highest BCUT2D eigenvalue weighted by Crippen LogP contribution is 2.25. The van der Waals surface area contributed by atoms with Crippen LogP contribution in [0.15, 0.2) is 0 Å². The molecule has 0 aliphatic carbocycles. The zero-order valence-electron chi connectivity index (χ0n) is 12.7. The lowest BCUT2D eigenvalue weighted by molar-refractivity contribution is -0.143. The average Bonchev–Trinajstić information content (AvgIpc) is 2.35. The quantitative estimate of drug-likeness (QED) is 0.365. The number of aliphatic hydroxyl groups excluding tert-OH is 1. The fourth-order valence-electron chi connectivity index (χ4n) is 1.70. The third kappa shape index (κ3) is 10.00. The molecule has 0 aliphatic heterocycles. The van der Waals surface area contributed by atoms with Gasteiger partial charge in [-0.25, -0.2) is 0 Å². The van der Waals surface area contributed by atoms with Gasteiger partial charge >= 0.3 is 11.9 Å². The molecule has 3 N–H and O–H groups in total. The van der Waals surface area contributed by atoms with Crippen LogP contribution in [0.2, 0.25) is 0 Å². The normalized spacial score (nSPS) is 15.7. The SMILES string of the molecule is CC(O)CN(C)C(CCSSCCC(C)C(=O)O)C(=O)O. The Kier molecular flexibility index (Phi) is 10.9. The van der Waals surface area contributed by atoms with Crippen molar-refractivity contribution in [1.82, 2.24) is 4.90 Å². The van der Waals surface area contributed by atoms with E-state index < -0.39 is 24.1 Å². The van der Waals surface area contributed by atoms with Crippen LogP contribution < -0.4 is 0 Å². The first kappa shape index (κ1) is 20.6. The van der Waals surface area contributed by atoms with E-state index in [4.69, 9.17) is 5.11 Å². The van der Waals surface area contributed by atoms with Crippen molar-refractivity contribution >= 4 is 33.5 Å². The molecule has 0 bridgehead atoms. The molecule has 0 amide bonds. The Labute approximate surface area is 133 Å². The fourth-order valence-corrected chi connectivity index (χ4v) is 3.99. The number of hydrogen-bond donors (Lipinski definition) is 3. The van der Waals surface area contributed by atoms with Crippen LogP contribution in [-0.4, -0.2) is 69.4 Å². The van der Waals surface area contributed by atoms with Gasteiger partial charge in [-0.05, 0) is 26.8 Å². The van der Waals surface area contributed by atoms with E-state index in [9.17, 15) is 19.8 Å². The fraction of sp³-hybridized carbons (Fsp3) is 0.846. The molecule has 0 aromatic rings. The molecule has 0 saturated heterocycles. The maximum Gasteiger partial charge on any atom is 0.320 e. The molecule has 8 heteroatoms. The zero-order chi connectivity index (χ0) is 16.4. The predicted octanol–water partition coefficient (Wildman–Crippen LogP) is 1.63. The zero-order valence-corrected chi connectivity index (χ0v) is 14.3. The van der Waals surface area contributed by atoms with Crippen molar-refractivity contribution in [3.05, 3.63) is 0 Å². The Morgan fingerprint density at radius 1 is 1.05 bits per heavy atom. The summed E-state index contributed by atoms with van der Waals surface area (Å²) in [5.74, 6) is -0.608. The number of aliphatic hydroxyl groups is 1. The van der Waals surface area contributed by atoms with Gasteiger partial charge in [0.1, 0.15) is 6.04 Å². The number of rotatable bonds is 12. The van der Waals surface area contributed by atoms with Gasteiger partial charge in [0.15, 0.2) is 0 Å². The first-order valence-corrected chi connectivity index (χ1v) is 9.32. The number of carboxylic acids is 2. The summed E-state index contributed by atoms with van der Waals surface area (Å²) in [4.78, 5) is 23.5. The van der Waals surface area contributed by atoms with E-state index in [1.54, 1.807) is 47.4 Å². The van der Waals surface area contributed by atoms with E-state index in [2.05, 4.69) is 0 Å². The Hall–Kier alpha value is -0.440. The van der Waals surface area contributed by atoms with Crippen LogP contribution in [0.1, 0.15) is 26.7 Å². The number of carboxylic acid groups (broad SMARTS) is 2. The number of likely N-dealkylation sites (N-methyl/N-ethyl adjacent to an activating group) is 1. The van der Waals surface area contributed by atoms with Gasteiger partial charge in [-0.1, -0.05) is 28.5 Å². The Morgan fingerprint density at radius 3 is 2.00 bits per heavy atom. The van der Waals surface area contributed by atoms with Crippen LogP contribution in [0.3, 0.4) is 0 Å². The first-order valence-electron chi connectivity index (χ1n) is 6.84. The third-order valence-corrected chi connectivity index (χ3v) is 5.45. The number of aliphatic carboxylic acids is 2. The average molecular weight is 339 g/mol. The number of carbonyl (C=O) groups is 2. The molecule has 0 radical (unpaired) electrons. The molecule has 0 rings (SSSR count). The molecule has 0 spiro atoms. The van der Waals surface area contributed by atoms with Gasteiger partial charge in [-0.2, -0.15) is 0 Å². The van der Waals surface area contributed by atoms with Crippen molar-refractivity contribution in [1.29, 1.82) is 0 Å². The van der Waals surface area contributed by atoms with Gasteiger partial charge in [0, 0.05) is 18.1 Å². The van der Waals surface area contributed by atoms with E-state index >= 15 is 0 Å². The second-order valence-electron chi connectivity index (χ2n) is 5.10. The molecule has 0 aromatic carbocycles. The number of nitrogens with zero attached hydrogens (tertiary/aromatic N) is 1. The lowest BCUT2D eigenvalue weighted by Crippen LogP contribution is -2.42. The van der Waals surface area contributed by atoms with E-state index in [1.165, 1.54) is 0 Å². The molecule has 0 aliphatic rings. The summed E-state index contributed by atoms with van der Waals surface area (Å²) >= 11 is 0. The minimum atomic E-state index is -0.886. The van der Waals surface area contributed by atoms with E-state index in [0.29, 0.717) is 25.1 Å². The van der Waals surface area contributed by atoms with Crippen molar-refractivity contribution in [3.63, 3.8) is 0 Å². The van der Waals surface area contributed by atoms with Crippen LogP contribution in [0, 0.1) is 5.92 Å². The van der Waals surface area contributed by atoms with Crippen molar-refractivity contribution in [2.24, 2.45) is 5.92 Å². The van der Waals surface area contributed by atoms with Crippen LogP contribution in [-0.2, 0) is 9.59 Å². The summed E-state index contributed by atoms with van der Waals surface area (Å²) < 4.78 is 0. The lowest BCUT2D eigenvalue weighted by Gasteiger charge is -2.25. The highest BCUT2D eigenvalue weighted by molar-refractivity contribution is 8.76. The monoisotopic (exact) mass is 339 g/mol. The van der Waals surface area contributed by atoms with E-state index in [-0.39, 0.29) is 5.92 Å². The summed E-state index contributed by atoms with van der Waals surface area (Å²) in [6, 6.07) is -0.606. The summed E-state index contributed by atoms with van der Waals surface area (Å²) in [6.45, 7) is 3.63. The molecule has 6 nitrogen and oxygen atoms in total. The number of hydrogen-bond acceptors (Lipinski definition) is 6. The summed E-state index contributed by atoms with van der Waals surface area (Å²) in [6.07, 6.45) is 0.540. The second kappa shape index (κ2) is 11.2. The smallest absolute Gasteiger partial charge is 0.320 e. The van der Waals surface area contributed by atoms with Crippen molar-refractivity contribution in [3.8, 4) is 0 Å². The third-order valence-electron chi connectivity index (χ3n) is 2.98. The summed E-state index contributed by atoms with van der Waals surface area (Å²) in [7, 11) is 4.82. The maximum atomic E-state index is 11.2. The Morgan fingerprint density at radius 2 is 1.57 bits per heavy atom. The minimum absolute atomic E-state index is 0.324. The first-order chi connectivity index (χ1) is 9.75. The molecule has 124 valence electrons. The van der Waals surface area contributed by atoms with Gasteiger partial charge in [0.2, 0.25) is 0 Å². The van der Waals surface area contributed by atoms with Gasteiger partial charge in [-0.15, -0.1) is 0 Å². The van der Waals surface area contributed by atoms with Crippen molar-refractivity contribution in [2.75, 3.05) is 25.1 Å². The van der Waals surface area contributed by atoms with Crippen LogP contribution >= 0.6 is 21.6 Å². The topological polar surface area (TPSA) is 98.1 Å². The summed E-state index contributed by atoms with van der Waals surface area (Å²) in [5, 5.41) is 27.2. The molecule has 0 saturated carbocycles. The van der Waals surface area contributed by atoms with Crippen LogP contribution in [0.25, 0.3) is 0 Å². The van der Waals surface area contributed by atoms with E-state index in [1.807, 2.05) is 0 Å². The predicted molar refractivity (Wildman–Crippen MR) is 86.7 cm³/mol. The summed E-state index contributed by atoms with van der Waals surface area (Å²) in [5.41, 5.74) is 0. The van der Waals surface area contributed by atoms with Crippen molar-refractivity contribution < 1.29 is 24.9 Å². The van der Waals surface area contributed by atoms with E-state index in [0.717, 1.165) is 5.75 Å². The highest BCUT2D eigenvalue weighted by Gasteiger charge is 2.23. The molecule has 21 heavy (non-hydrogen) atoms. The Balaban J connectivity index is 3.90. The molecule has 0 aromatic heterocycles.